The van der Waals surface area contributed by atoms with Gasteiger partial charge in [0.05, 0.1) is 0 Å². The van der Waals surface area contributed by atoms with E-state index in [0.29, 0.717) is 11.5 Å². The van der Waals surface area contributed by atoms with E-state index in [9.17, 15) is 0 Å². The Hall–Kier alpha value is -0.0800. The Labute approximate surface area is 120 Å². The Morgan fingerprint density at radius 1 is 1.21 bits per heavy atom. The topological polar surface area (TPSA) is 15.3 Å². The minimum absolute atomic E-state index is 0.514. The molecule has 112 valence electrons. The molecule has 2 fully saturated rings. The third kappa shape index (κ3) is 3.16. The normalized spacial score (nSPS) is 37.7. The first-order valence-corrected chi connectivity index (χ1v) is 8.42. The summed E-state index contributed by atoms with van der Waals surface area (Å²) in [4.78, 5) is 2.80. The van der Waals surface area contributed by atoms with Crippen molar-refractivity contribution in [2.75, 3.05) is 13.6 Å². The van der Waals surface area contributed by atoms with Crippen LogP contribution in [-0.2, 0) is 0 Å². The highest BCUT2D eigenvalue weighted by Gasteiger charge is 2.41. The second-order valence-electron chi connectivity index (χ2n) is 7.54. The second-order valence-corrected chi connectivity index (χ2v) is 7.54. The van der Waals surface area contributed by atoms with Crippen molar-refractivity contribution in [1.82, 2.24) is 10.2 Å². The first-order chi connectivity index (χ1) is 8.99. The monoisotopic (exact) mass is 266 g/mol. The second kappa shape index (κ2) is 6.13. The molecule has 1 heterocycles. The molecule has 0 radical (unpaired) electrons. The fourth-order valence-corrected chi connectivity index (χ4v) is 4.30. The van der Waals surface area contributed by atoms with Crippen LogP contribution in [0.4, 0.5) is 0 Å². The van der Waals surface area contributed by atoms with Crippen molar-refractivity contribution in [3.63, 3.8) is 0 Å². The maximum atomic E-state index is 3.60. The number of likely N-dealkylation sites (N-methyl/N-ethyl adjacent to an activating group) is 1. The average Bonchev–Trinajstić information content (AvgIpc) is 2.84. The van der Waals surface area contributed by atoms with Gasteiger partial charge in [0.25, 0.3) is 0 Å². The highest BCUT2D eigenvalue weighted by molar-refractivity contribution is 4.97. The van der Waals surface area contributed by atoms with Crippen molar-refractivity contribution >= 4 is 0 Å². The van der Waals surface area contributed by atoms with E-state index in [1.54, 1.807) is 0 Å². The number of hydrogen-bond acceptors (Lipinski definition) is 2. The summed E-state index contributed by atoms with van der Waals surface area (Å²) in [6, 6.07) is 2.28. The first-order valence-electron chi connectivity index (χ1n) is 8.42. The zero-order valence-corrected chi connectivity index (χ0v) is 13.7. The number of likely N-dealkylation sites (tertiary alicyclic amines) is 1. The molecule has 1 aliphatic carbocycles. The van der Waals surface area contributed by atoms with Crippen LogP contribution in [0, 0.1) is 11.3 Å². The highest BCUT2D eigenvalue weighted by Crippen LogP contribution is 2.42. The van der Waals surface area contributed by atoms with E-state index in [0.717, 1.165) is 18.0 Å². The highest BCUT2D eigenvalue weighted by atomic mass is 15.2. The van der Waals surface area contributed by atoms with E-state index < -0.39 is 0 Å². The summed E-state index contributed by atoms with van der Waals surface area (Å²) < 4.78 is 0. The molecule has 0 aromatic heterocycles. The Balaban J connectivity index is 2.09. The minimum atomic E-state index is 0.514. The lowest BCUT2D eigenvalue weighted by Crippen LogP contribution is -2.54. The lowest BCUT2D eigenvalue weighted by molar-refractivity contribution is 0.0486. The molecule has 0 aromatic carbocycles. The number of hydrogen-bond donors (Lipinski definition) is 1. The van der Waals surface area contributed by atoms with E-state index in [1.807, 2.05) is 0 Å². The number of nitrogens with zero attached hydrogens (tertiary/aromatic N) is 1. The summed E-state index contributed by atoms with van der Waals surface area (Å²) in [5.74, 6) is 0.903. The van der Waals surface area contributed by atoms with E-state index in [2.05, 4.69) is 45.0 Å². The standard InChI is InChI=1S/C17H34N2/c1-6-17(3,4)14-9-10-15(18-5)16(12-14)19-11-7-8-13(19)2/h13-16,18H,6-12H2,1-5H3. The summed E-state index contributed by atoms with van der Waals surface area (Å²) in [6.07, 6.45) is 8.27. The molecule has 0 aromatic rings. The predicted octanol–water partition coefficient (Wildman–Crippen LogP) is 3.66. The SMILES string of the molecule is CCC(C)(C)C1CCC(NC)C(N2CCCC2C)C1. The van der Waals surface area contributed by atoms with Crippen molar-refractivity contribution in [2.45, 2.75) is 84.3 Å². The largest absolute Gasteiger partial charge is 0.315 e. The Morgan fingerprint density at radius 3 is 2.47 bits per heavy atom. The van der Waals surface area contributed by atoms with Crippen LogP contribution in [0.5, 0.6) is 0 Å². The molecular weight excluding hydrogens is 232 g/mol. The molecule has 4 unspecified atom stereocenters. The van der Waals surface area contributed by atoms with Gasteiger partial charge in [0.1, 0.15) is 0 Å². The lowest BCUT2D eigenvalue weighted by atomic mass is 9.67. The van der Waals surface area contributed by atoms with Crippen LogP contribution in [0.3, 0.4) is 0 Å². The van der Waals surface area contributed by atoms with Crippen molar-refractivity contribution in [3.8, 4) is 0 Å². The smallest absolute Gasteiger partial charge is 0.0254 e. The summed E-state index contributed by atoms with van der Waals surface area (Å²) in [6.45, 7) is 11.1. The van der Waals surface area contributed by atoms with Gasteiger partial charge < -0.3 is 5.32 Å². The van der Waals surface area contributed by atoms with Gasteiger partial charge >= 0.3 is 0 Å². The van der Waals surface area contributed by atoms with Crippen molar-refractivity contribution in [2.24, 2.45) is 11.3 Å². The third-order valence-corrected chi connectivity index (χ3v) is 6.23. The Kier molecular flexibility index (Phi) is 4.94. The molecule has 2 nitrogen and oxygen atoms in total. The third-order valence-electron chi connectivity index (χ3n) is 6.23. The van der Waals surface area contributed by atoms with Crippen LogP contribution >= 0.6 is 0 Å². The lowest BCUT2D eigenvalue weighted by Gasteiger charge is -2.47. The fourth-order valence-electron chi connectivity index (χ4n) is 4.30. The fraction of sp³-hybridized carbons (Fsp3) is 1.00. The van der Waals surface area contributed by atoms with Crippen molar-refractivity contribution < 1.29 is 0 Å². The van der Waals surface area contributed by atoms with Gasteiger partial charge in [-0.2, -0.15) is 0 Å². The van der Waals surface area contributed by atoms with Gasteiger partial charge in [-0.25, -0.2) is 0 Å². The predicted molar refractivity (Wildman–Crippen MR) is 83.5 cm³/mol. The molecule has 1 N–H and O–H groups in total. The van der Waals surface area contributed by atoms with E-state index in [1.165, 1.54) is 45.1 Å². The van der Waals surface area contributed by atoms with Gasteiger partial charge in [-0.3, -0.25) is 4.90 Å². The summed E-state index contributed by atoms with van der Waals surface area (Å²) in [5, 5.41) is 3.60. The molecule has 2 rings (SSSR count). The quantitative estimate of drug-likeness (QED) is 0.835. The first kappa shape index (κ1) is 15.3. The zero-order valence-electron chi connectivity index (χ0n) is 13.7. The van der Waals surface area contributed by atoms with Crippen LogP contribution in [0.15, 0.2) is 0 Å². The Bertz CT molecular complexity index is 287. The Morgan fingerprint density at radius 2 is 1.95 bits per heavy atom. The van der Waals surface area contributed by atoms with Crippen LogP contribution < -0.4 is 5.32 Å². The molecule has 1 saturated carbocycles. The van der Waals surface area contributed by atoms with Crippen LogP contribution in [0.1, 0.15) is 66.2 Å². The van der Waals surface area contributed by atoms with Gasteiger partial charge in [-0.05, 0) is 64.0 Å². The molecule has 19 heavy (non-hydrogen) atoms. The molecule has 1 saturated heterocycles. The molecule has 2 aliphatic rings. The molecule has 0 amide bonds. The van der Waals surface area contributed by atoms with Gasteiger partial charge in [0.2, 0.25) is 0 Å². The van der Waals surface area contributed by atoms with Crippen LogP contribution in [-0.4, -0.2) is 36.6 Å². The van der Waals surface area contributed by atoms with Crippen LogP contribution in [0.25, 0.3) is 0 Å². The average molecular weight is 266 g/mol. The summed E-state index contributed by atoms with van der Waals surface area (Å²) in [7, 11) is 2.16. The van der Waals surface area contributed by atoms with Gasteiger partial charge in [0.15, 0.2) is 0 Å². The van der Waals surface area contributed by atoms with Crippen LogP contribution in [0.2, 0.25) is 0 Å². The van der Waals surface area contributed by atoms with E-state index in [4.69, 9.17) is 0 Å². The van der Waals surface area contributed by atoms with Gasteiger partial charge in [-0.1, -0.05) is 27.2 Å². The number of rotatable bonds is 4. The molecule has 2 heteroatoms. The summed E-state index contributed by atoms with van der Waals surface area (Å²) in [5.41, 5.74) is 0.514. The van der Waals surface area contributed by atoms with Crippen molar-refractivity contribution in [3.05, 3.63) is 0 Å². The van der Waals surface area contributed by atoms with E-state index in [-0.39, 0.29) is 0 Å². The van der Waals surface area contributed by atoms with Gasteiger partial charge in [-0.15, -0.1) is 0 Å². The minimum Gasteiger partial charge on any atom is -0.315 e. The maximum Gasteiger partial charge on any atom is 0.0254 e. The zero-order chi connectivity index (χ0) is 14.0. The molecule has 0 spiro atoms. The van der Waals surface area contributed by atoms with E-state index >= 15 is 0 Å². The van der Waals surface area contributed by atoms with Gasteiger partial charge in [0, 0.05) is 18.1 Å². The number of nitrogens with one attached hydrogen (secondary N) is 1. The summed E-state index contributed by atoms with van der Waals surface area (Å²) >= 11 is 0. The molecule has 4 atom stereocenters. The maximum absolute atomic E-state index is 3.60. The molecule has 1 aliphatic heterocycles. The molecule has 0 bridgehead atoms. The molecular formula is C17H34N2. The van der Waals surface area contributed by atoms with Crippen molar-refractivity contribution in [1.29, 1.82) is 0 Å².